The van der Waals surface area contributed by atoms with Crippen LogP contribution in [0.2, 0.25) is 0 Å². The smallest absolute Gasteiger partial charge is 0.323 e. The molecule has 0 heterocycles. The van der Waals surface area contributed by atoms with Crippen LogP contribution in [0.25, 0.3) is 0 Å². The summed E-state index contributed by atoms with van der Waals surface area (Å²) in [5.74, 6) is -1.04. The van der Waals surface area contributed by atoms with Crippen LogP contribution in [0.4, 0.5) is 10.5 Å². The van der Waals surface area contributed by atoms with E-state index in [9.17, 15) is 9.59 Å². The lowest BCUT2D eigenvalue weighted by Gasteiger charge is -2.21. The average Bonchev–Trinajstić information content (AvgIpc) is 3.20. The third-order valence-electron chi connectivity index (χ3n) is 3.18. The number of carbonyl (C=O) groups is 2. The number of carboxylic acid groups (broad SMARTS) is 1. The highest BCUT2D eigenvalue weighted by atomic mass is 16.4. The number of carboxylic acids is 1. The van der Waals surface area contributed by atoms with E-state index in [1.165, 1.54) is 4.90 Å². The van der Waals surface area contributed by atoms with Crippen LogP contribution in [0.15, 0.2) is 18.2 Å². The van der Waals surface area contributed by atoms with E-state index in [2.05, 4.69) is 5.32 Å². The number of benzene rings is 1. The van der Waals surface area contributed by atoms with E-state index < -0.39 is 12.0 Å². The quantitative estimate of drug-likeness (QED) is 0.876. The molecule has 104 valence electrons. The molecule has 0 aromatic heterocycles. The molecule has 1 aromatic carbocycles. The Labute approximate surface area is 116 Å². The van der Waals surface area contributed by atoms with Gasteiger partial charge in [0, 0.05) is 6.04 Å². The van der Waals surface area contributed by atoms with Gasteiger partial charge in [-0.1, -0.05) is 12.1 Å². The summed E-state index contributed by atoms with van der Waals surface area (Å²) >= 11 is 0. The predicted molar refractivity (Wildman–Crippen MR) is 72.3 cm³/mol. The van der Waals surface area contributed by atoms with E-state index in [1.54, 1.807) is 25.1 Å². The first-order valence-electron chi connectivity index (χ1n) is 6.32. The number of aliphatic carboxylic acids is 1. The minimum Gasteiger partial charge on any atom is -0.480 e. The maximum atomic E-state index is 12.2. The van der Waals surface area contributed by atoms with Gasteiger partial charge in [0.15, 0.2) is 0 Å². The molecule has 0 aliphatic heterocycles. The van der Waals surface area contributed by atoms with Gasteiger partial charge in [-0.2, -0.15) is 5.26 Å². The second kappa shape index (κ2) is 5.61. The maximum absolute atomic E-state index is 12.2. The lowest BCUT2D eigenvalue weighted by molar-refractivity contribution is -0.137. The highest BCUT2D eigenvalue weighted by Crippen LogP contribution is 2.28. The van der Waals surface area contributed by atoms with Crippen LogP contribution in [0.3, 0.4) is 0 Å². The minimum absolute atomic E-state index is 0.0126. The van der Waals surface area contributed by atoms with Crippen LogP contribution < -0.4 is 5.32 Å². The van der Waals surface area contributed by atoms with Gasteiger partial charge in [-0.25, -0.2) is 4.79 Å². The number of rotatable bonds is 4. The van der Waals surface area contributed by atoms with Gasteiger partial charge in [0.25, 0.3) is 0 Å². The lowest BCUT2D eigenvalue weighted by atomic mass is 10.1. The first-order valence-corrected chi connectivity index (χ1v) is 6.32. The topological polar surface area (TPSA) is 93.4 Å². The second-order valence-corrected chi connectivity index (χ2v) is 4.79. The van der Waals surface area contributed by atoms with Crippen LogP contribution >= 0.6 is 0 Å². The number of nitrogens with one attached hydrogen (secondary N) is 1. The standard InChI is InChI=1S/C14H15N3O3/c1-9-3-2-4-12(11(9)7-15)16-14(20)17(8-13(18)19)10-5-6-10/h2-4,10H,5-6,8H2,1H3,(H,16,20)(H,18,19). The molecule has 1 saturated carbocycles. The molecule has 1 aliphatic rings. The fraction of sp³-hybridized carbons (Fsp3) is 0.357. The molecule has 0 radical (unpaired) electrons. The monoisotopic (exact) mass is 273 g/mol. The van der Waals surface area contributed by atoms with E-state index in [0.717, 1.165) is 18.4 Å². The van der Waals surface area contributed by atoms with Crippen molar-refractivity contribution in [2.24, 2.45) is 0 Å². The molecule has 0 saturated heterocycles. The van der Waals surface area contributed by atoms with E-state index in [0.29, 0.717) is 11.3 Å². The van der Waals surface area contributed by atoms with Crippen molar-refractivity contribution < 1.29 is 14.7 Å². The van der Waals surface area contributed by atoms with E-state index in [4.69, 9.17) is 10.4 Å². The molecule has 1 fully saturated rings. The van der Waals surface area contributed by atoms with Crippen LogP contribution in [-0.2, 0) is 4.79 Å². The molecule has 20 heavy (non-hydrogen) atoms. The third kappa shape index (κ3) is 3.06. The van der Waals surface area contributed by atoms with Crippen molar-refractivity contribution in [2.45, 2.75) is 25.8 Å². The van der Waals surface area contributed by atoms with Crippen molar-refractivity contribution in [1.29, 1.82) is 5.26 Å². The molecule has 0 bridgehead atoms. The second-order valence-electron chi connectivity index (χ2n) is 4.79. The Balaban J connectivity index is 2.16. The lowest BCUT2D eigenvalue weighted by Crippen LogP contribution is -2.40. The van der Waals surface area contributed by atoms with Crippen molar-refractivity contribution >= 4 is 17.7 Å². The number of carbonyl (C=O) groups excluding carboxylic acids is 1. The molecule has 0 atom stereocenters. The number of aryl methyl sites for hydroxylation is 1. The van der Waals surface area contributed by atoms with Crippen molar-refractivity contribution in [1.82, 2.24) is 4.90 Å². The highest BCUT2D eigenvalue weighted by molar-refractivity contribution is 5.93. The van der Waals surface area contributed by atoms with Crippen molar-refractivity contribution in [3.8, 4) is 6.07 Å². The van der Waals surface area contributed by atoms with Gasteiger partial charge in [-0.3, -0.25) is 4.79 Å². The number of anilines is 1. The number of nitrogens with zero attached hydrogens (tertiary/aromatic N) is 2. The van der Waals surface area contributed by atoms with Gasteiger partial charge >= 0.3 is 12.0 Å². The molecule has 6 heteroatoms. The van der Waals surface area contributed by atoms with Crippen LogP contribution in [0.5, 0.6) is 0 Å². The number of urea groups is 1. The SMILES string of the molecule is Cc1cccc(NC(=O)N(CC(=O)O)C2CC2)c1C#N. The molecule has 1 aliphatic carbocycles. The Kier molecular flexibility index (Phi) is 3.89. The number of amides is 2. The van der Waals surface area contributed by atoms with Gasteiger partial charge < -0.3 is 15.3 Å². The summed E-state index contributed by atoms with van der Waals surface area (Å²) in [6.07, 6.45) is 1.64. The van der Waals surface area contributed by atoms with Crippen molar-refractivity contribution in [3.63, 3.8) is 0 Å². The van der Waals surface area contributed by atoms with Gasteiger partial charge in [-0.05, 0) is 31.4 Å². The fourth-order valence-corrected chi connectivity index (χ4v) is 2.01. The predicted octanol–water partition coefficient (Wildman–Crippen LogP) is 1.95. The van der Waals surface area contributed by atoms with Crippen molar-refractivity contribution in [2.75, 3.05) is 11.9 Å². The molecule has 2 amide bonds. The molecule has 6 nitrogen and oxygen atoms in total. The first kappa shape index (κ1) is 13.9. The Morgan fingerprint density at radius 3 is 2.75 bits per heavy atom. The summed E-state index contributed by atoms with van der Waals surface area (Å²) < 4.78 is 0. The molecule has 2 N–H and O–H groups in total. The molecular weight excluding hydrogens is 258 g/mol. The van der Waals surface area contributed by atoms with Crippen molar-refractivity contribution in [3.05, 3.63) is 29.3 Å². The zero-order valence-electron chi connectivity index (χ0n) is 11.1. The molecule has 2 rings (SSSR count). The zero-order chi connectivity index (χ0) is 14.7. The molecular formula is C14H15N3O3. The summed E-state index contributed by atoms with van der Waals surface area (Å²) in [6, 6.07) is 6.71. The third-order valence-corrected chi connectivity index (χ3v) is 3.18. The Hall–Kier alpha value is -2.55. The van der Waals surface area contributed by atoms with Gasteiger partial charge in [0.1, 0.15) is 12.6 Å². The van der Waals surface area contributed by atoms with E-state index in [1.807, 2.05) is 6.07 Å². The average molecular weight is 273 g/mol. The van der Waals surface area contributed by atoms with Gasteiger partial charge in [0.05, 0.1) is 11.3 Å². The van der Waals surface area contributed by atoms with Gasteiger partial charge in [-0.15, -0.1) is 0 Å². The van der Waals surface area contributed by atoms with E-state index >= 15 is 0 Å². The first-order chi connectivity index (χ1) is 9.52. The summed E-state index contributed by atoms with van der Waals surface area (Å²) in [5.41, 5.74) is 1.57. The highest BCUT2D eigenvalue weighted by Gasteiger charge is 2.34. The fourth-order valence-electron chi connectivity index (χ4n) is 2.01. The summed E-state index contributed by atoms with van der Waals surface area (Å²) in [5, 5.41) is 20.6. The van der Waals surface area contributed by atoms with Crippen LogP contribution in [-0.4, -0.2) is 34.6 Å². The number of hydrogen-bond donors (Lipinski definition) is 2. The number of nitriles is 1. The summed E-state index contributed by atoms with van der Waals surface area (Å²) in [6.45, 7) is 1.45. The maximum Gasteiger partial charge on any atom is 0.323 e. The molecule has 0 spiro atoms. The van der Waals surface area contributed by atoms with Gasteiger partial charge in [0.2, 0.25) is 0 Å². The Morgan fingerprint density at radius 1 is 1.50 bits per heavy atom. The normalized spacial score (nSPS) is 13.4. The molecule has 1 aromatic rings. The van der Waals surface area contributed by atoms with E-state index in [-0.39, 0.29) is 12.6 Å². The largest absolute Gasteiger partial charge is 0.480 e. The summed E-state index contributed by atoms with van der Waals surface area (Å²) in [7, 11) is 0. The zero-order valence-corrected chi connectivity index (χ0v) is 11.1. The Bertz CT molecular complexity index is 588. The Morgan fingerprint density at radius 2 is 2.20 bits per heavy atom. The summed E-state index contributed by atoms with van der Waals surface area (Å²) in [4.78, 5) is 24.3. The minimum atomic E-state index is -1.04. The van der Waals surface area contributed by atoms with Crippen LogP contribution in [0.1, 0.15) is 24.0 Å². The number of hydrogen-bond acceptors (Lipinski definition) is 3. The van der Waals surface area contributed by atoms with Crippen LogP contribution in [0, 0.1) is 18.3 Å². The molecule has 0 unspecified atom stereocenters.